The number of piperazine rings is 1. The van der Waals surface area contributed by atoms with Crippen molar-refractivity contribution >= 4 is 33.3 Å². The highest BCUT2D eigenvalue weighted by molar-refractivity contribution is 7.99. The number of thioether (sulfide) groups is 1. The van der Waals surface area contributed by atoms with Crippen molar-refractivity contribution < 1.29 is 8.42 Å². The van der Waals surface area contributed by atoms with Gasteiger partial charge in [0.2, 0.25) is 10.0 Å². The number of anilines is 1. The molecular weight excluding hydrogens is 396 g/mol. The quantitative estimate of drug-likeness (QED) is 0.427. The van der Waals surface area contributed by atoms with Gasteiger partial charge in [-0.05, 0) is 30.7 Å². The van der Waals surface area contributed by atoms with Crippen LogP contribution in [0.2, 0.25) is 0 Å². The van der Waals surface area contributed by atoms with Crippen LogP contribution < -0.4 is 4.90 Å². The molecule has 0 aromatic carbocycles. The van der Waals surface area contributed by atoms with E-state index in [0.29, 0.717) is 38.4 Å². The minimum absolute atomic E-state index is 0.164. The molecule has 4 rings (SSSR count). The Morgan fingerprint density at radius 1 is 1.00 bits per heavy atom. The highest BCUT2D eigenvalue weighted by Crippen LogP contribution is 2.18. The Labute approximate surface area is 168 Å². The second-order valence-electron chi connectivity index (χ2n) is 6.49. The topological polar surface area (TPSA) is 83.7 Å². The summed E-state index contributed by atoms with van der Waals surface area (Å²) >= 11 is 1.56. The SMILES string of the molecule is O=S(=O)(CCCSc1ccc2nccn2n1)N1CCN(c2ccccn2)CC1. The normalized spacial score (nSPS) is 15.9. The second kappa shape index (κ2) is 8.46. The molecule has 28 heavy (non-hydrogen) atoms. The zero-order valence-corrected chi connectivity index (χ0v) is 17.0. The average Bonchev–Trinajstić information content (AvgIpc) is 3.20. The Bertz CT molecular complexity index is 1020. The zero-order valence-electron chi connectivity index (χ0n) is 15.4. The Kier molecular flexibility index (Phi) is 5.79. The van der Waals surface area contributed by atoms with Gasteiger partial charge in [0.25, 0.3) is 0 Å². The Balaban J connectivity index is 1.24. The summed E-state index contributed by atoms with van der Waals surface area (Å²) in [6.07, 6.45) is 5.86. The number of sulfonamides is 1. The largest absolute Gasteiger partial charge is 0.354 e. The molecular formula is C18H22N6O2S2. The number of hydrogen-bond donors (Lipinski definition) is 0. The van der Waals surface area contributed by atoms with Gasteiger partial charge in [-0.25, -0.2) is 22.9 Å². The lowest BCUT2D eigenvalue weighted by atomic mass is 10.3. The maximum Gasteiger partial charge on any atom is 0.214 e. The average molecular weight is 419 g/mol. The first kappa shape index (κ1) is 19.2. The van der Waals surface area contributed by atoms with E-state index in [1.54, 1.807) is 39.2 Å². The second-order valence-corrected chi connectivity index (χ2v) is 9.70. The standard InChI is InChI=1S/C18H22N6O2S2/c25-28(26,23-12-10-22(11-13-23)16-4-1-2-7-19-16)15-3-14-27-18-6-5-17-20-8-9-24(17)21-18/h1-2,4-9H,3,10-15H2. The minimum Gasteiger partial charge on any atom is -0.354 e. The summed E-state index contributed by atoms with van der Waals surface area (Å²) in [7, 11) is -3.23. The summed E-state index contributed by atoms with van der Waals surface area (Å²) in [6, 6.07) is 9.61. The maximum absolute atomic E-state index is 12.6. The van der Waals surface area contributed by atoms with Gasteiger partial charge >= 0.3 is 0 Å². The predicted octanol–water partition coefficient (Wildman–Crippen LogP) is 1.76. The van der Waals surface area contributed by atoms with Crippen LogP contribution in [0, 0.1) is 0 Å². The highest BCUT2D eigenvalue weighted by atomic mass is 32.2. The molecule has 0 bridgehead atoms. The van der Waals surface area contributed by atoms with Crippen molar-refractivity contribution in [3.63, 3.8) is 0 Å². The van der Waals surface area contributed by atoms with E-state index in [0.717, 1.165) is 16.5 Å². The number of nitrogens with zero attached hydrogens (tertiary/aromatic N) is 6. The molecule has 0 unspecified atom stereocenters. The van der Waals surface area contributed by atoms with E-state index in [1.165, 1.54) is 0 Å². The molecule has 1 aliphatic heterocycles. The first-order valence-electron chi connectivity index (χ1n) is 9.19. The van der Waals surface area contributed by atoms with Crippen LogP contribution >= 0.6 is 11.8 Å². The van der Waals surface area contributed by atoms with Gasteiger partial charge in [0.15, 0.2) is 5.65 Å². The van der Waals surface area contributed by atoms with E-state index in [1.807, 2.05) is 30.3 Å². The van der Waals surface area contributed by atoms with Crippen molar-refractivity contribution in [2.45, 2.75) is 11.4 Å². The highest BCUT2D eigenvalue weighted by Gasteiger charge is 2.26. The van der Waals surface area contributed by atoms with Crippen LogP contribution in [0.3, 0.4) is 0 Å². The van der Waals surface area contributed by atoms with Crippen LogP contribution in [-0.2, 0) is 10.0 Å². The fourth-order valence-corrected chi connectivity index (χ4v) is 5.64. The van der Waals surface area contributed by atoms with Crippen molar-refractivity contribution in [2.24, 2.45) is 0 Å². The first-order chi connectivity index (χ1) is 13.6. The Hall–Kier alpha value is -2.17. The van der Waals surface area contributed by atoms with E-state index in [-0.39, 0.29) is 5.75 Å². The van der Waals surface area contributed by atoms with Gasteiger partial charge in [0, 0.05) is 50.5 Å². The molecule has 148 valence electrons. The van der Waals surface area contributed by atoms with Gasteiger partial charge in [-0.3, -0.25) is 0 Å². The number of fused-ring (bicyclic) bond motifs is 1. The van der Waals surface area contributed by atoms with Crippen LogP contribution in [0.4, 0.5) is 5.82 Å². The van der Waals surface area contributed by atoms with Crippen LogP contribution in [0.1, 0.15) is 6.42 Å². The lowest BCUT2D eigenvalue weighted by Crippen LogP contribution is -2.49. The molecule has 3 aromatic rings. The molecule has 1 fully saturated rings. The number of aromatic nitrogens is 4. The predicted molar refractivity (Wildman–Crippen MR) is 110 cm³/mol. The summed E-state index contributed by atoms with van der Waals surface area (Å²) in [4.78, 5) is 10.6. The molecule has 0 saturated carbocycles. The fraction of sp³-hybridized carbons (Fsp3) is 0.389. The van der Waals surface area contributed by atoms with Gasteiger partial charge < -0.3 is 4.90 Å². The summed E-state index contributed by atoms with van der Waals surface area (Å²) < 4.78 is 28.6. The zero-order chi connectivity index (χ0) is 19.4. The van der Waals surface area contributed by atoms with Crippen molar-refractivity contribution in [3.8, 4) is 0 Å². The van der Waals surface area contributed by atoms with Crippen molar-refractivity contribution in [1.29, 1.82) is 0 Å². The van der Waals surface area contributed by atoms with Gasteiger partial charge in [-0.15, -0.1) is 11.8 Å². The molecule has 10 heteroatoms. The fourth-order valence-electron chi connectivity index (χ4n) is 3.16. The lowest BCUT2D eigenvalue weighted by molar-refractivity contribution is 0.383. The molecule has 4 heterocycles. The smallest absolute Gasteiger partial charge is 0.214 e. The molecule has 0 amide bonds. The van der Waals surface area contributed by atoms with Gasteiger partial charge in [-0.2, -0.15) is 9.40 Å². The summed E-state index contributed by atoms with van der Waals surface area (Å²) in [6.45, 7) is 2.34. The molecule has 1 saturated heterocycles. The summed E-state index contributed by atoms with van der Waals surface area (Å²) in [5.41, 5.74) is 0.803. The number of rotatable bonds is 7. The number of imidazole rings is 1. The maximum atomic E-state index is 12.6. The third-order valence-corrected chi connectivity index (χ3v) is 7.60. The van der Waals surface area contributed by atoms with Gasteiger partial charge in [-0.1, -0.05) is 6.07 Å². The van der Waals surface area contributed by atoms with Gasteiger partial charge in [0.05, 0.1) is 5.75 Å². The molecule has 8 nitrogen and oxygen atoms in total. The Morgan fingerprint density at radius 3 is 2.64 bits per heavy atom. The third kappa shape index (κ3) is 4.45. The molecule has 0 atom stereocenters. The van der Waals surface area contributed by atoms with Crippen molar-refractivity contribution in [1.82, 2.24) is 23.9 Å². The van der Waals surface area contributed by atoms with Crippen molar-refractivity contribution in [3.05, 3.63) is 48.9 Å². The van der Waals surface area contributed by atoms with Crippen LogP contribution in [0.5, 0.6) is 0 Å². The molecule has 0 N–H and O–H groups in total. The van der Waals surface area contributed by atoms with Crippen LogP contribution in [-0.4, -0.2) is 70.0 Å². The third-order valence-electron chi connectivity index (χ3n) is 4.63. The molecule has 0 radical (unpaired) electrons. The monoisotopic (exact) mass is 418 g/mol. The van der Waals surface area contributed by atoms with Gasteiger partial charge in [0.1, 0.15) is 10.8 Å². The van der Waals surface area contributed by atoms with E-state index in [9.17, 15) is 8.42 Å². The van der Waals surface area contributed by atoms with E-state index >= 15 is 0 Å². The lowest BCUT2D eigenvalue weighted by Gasteiger charge is -2.34. The van der Waals surface area contributed by atoms with Crippen LogP contribution in [0.25, 0.3) is 5.65 Å². The minimum atomic E-state index is -3.23. The van der Waals surface area contributed by atoms with E-state index in [4.69, 9.17) is 0 Å². The van der Waals surface area contributed by atoms with Crippen molar-refractivity contribution in [2.75, 3.05) is 42.6 Å². The summed E-state index contributed by atoms with van der Waals surface area (Å²) in [5.74, 6) is 1.77. The molecule has 1 aliphatic rings. The summed E-state index contributed by atoms with van der Waals surface area (Å²) in [5, 5.41) is 5.31. The van der Waals surface area contributed by atoms with E-state index in [2.05, 4.69) is 20.0 Å². The molecule has 3 aromatic heterocycles. The number of hydrogen-bond acceptors (Lipinski definition) is 7. The molecule has 0 aliphatic carbocycles. The molecule has 0 spiro atoms. The first-order valence-corrected chi connectivity index (χ1v) is 11.8. The Morgan fingerprint density at radius 2 is 1.86 bits per heavy atom. The van der Waals surface area contributed by atoms with Crippen LogP contribution in [0.15, 0.2) is 53.9 Å². The number of pyridine rings is 1. The van der Waals surface area contributed by atoms with E-state index < -0.39 is 10.0 Å².